The van der Waals surface area contributed by atoms with Crippen LogP contribution in [-0.2, 0) is 9.31 Å². The molecule has 1 aromatic rings. The van der Waals surface area contributed by atoms with E-state index >= 15 is 0 Å². The highest BCUT2D eigenvalue weighted by Crippen LogP contribution is 2.40. The molecule has 0 N–H and O–H groups in total. The van der Waals surface area contributed by atoms with Crippen molar-refractivity contribution in [1.82, 2.24) is 4.90 Å². The molecule has 0 spiro atoms. The normalized spacial score (nSPS) is 25.6. The van der Waals surface area contributed by atoms with E-state index in [1.165, 1.54) is 0 Å². The van der Waals surface area contributed by atoms with Crippen molar-refractivity contribution < 1.29 is 22.5 Å². The summed E-state index contributed by atoms with van der Waals surface area (Å²) in [5.74, 6) is 0. The van der Waals surface area contributed by atoms with Gasteiger partial charge in [-0.25, -0.2) is 0 Å². The molecular formula is C21H32BF3N2O2. The number of hydrogen-bond acceptors (Lipinski definition) is 4. The topological polar surface area (TPSA) is 24.9 Å². The van der Waals surface area contributed by atoms with E-state index < -0.39 is 12.6 Å². The van der Waals surface area contributed by atoms with Crippen LogP contribution in [0.25, 0.3) is 0 Å². The minimum absolute atomic E-state index is 0.0823. The van der Waals surface area contributed by atoms with E-state index in [-0.39, 0.29) is 24.9 Å². The van der Waals surface area contributed by atoms with Crippen molar-refractivity contribution in [3.05, 3.63) is 24.3 Å². The van der Waals surface area contributed by atoms with Gasteiger partial charge in [0.2, 0.25) is 0 Å². The highest BCUT2D eigenvalue weighted by Gasteiger charge is 2.53. The van der Waals surface area contributed by atoms with Crippen LogP contribution in [-0.4, -0.2) is 62.1 Å². The molecule has 8 heteroatoms. The van der Waals surface area contributed by atoms with Crippen LogP contribution < -0.4 is 10.4 Å². The molecule has 162 valence electrons. The summed E-state index contributed by atoms with van der Waals surface area (Å²) in [5.41, 5.74) is 1.39. The van der Waals surface area contributed by atoms with Crippen molar-refractivity contribution in [2.75, 3.05) is 37.6 Å². The molecule has 2 aliphatic rings. The third-order valence-electron chi connectivity index (χ3n) is 6.38. The third-order valence-corrected chi connectivity index (χ3v) is 6.38. The molecule has 0 aromatic heterocycles. The van der Waals surface area contributed by atoms with Gasteiger partial charge in [-0.3, -0.25) is 4.90 Å². The Morgan fingerprint density at radius 1 is 1.00 bits per heavy atom. The number of benzene rings is 1. The van der Waals surface area contributed by atoms with Crippen LogP contribution >= 0.6 is 0 Å². The maximum atomic E-state index is 12.4. The standard InChI is InChI=1S/C21H32BF3N2O2/c1-5-10-20(4)19(2,3)28-22(29-20)17-6-8-18(9-7-17)27-15-13-26(14-16-27)12-11-21(23,24)25/h6-9H,5,10-16H2,1-4H3. The van der Waals surface area contributed by atoms with Crippen molar-refractivity contribution in [2.24, 2.45) is 0 Å². The summed E-state index contributed by atoms with van der Waals surface area (Å²) in [6.07, 6.45) is -2.85. The number of hydrogen-bond donors (Lipinski definition) is 0. The van der Waals surface area contributed by atoms with Gasteiger partial charge in [0.15, 0.2) is 0 Å². The molecule has 0 aliphatic carbocycles. The van der Waals surface area contributed by atoms with Crippen molar-refractivity contribution in [2.45, 2.75) is 64.3 Å². The number of halogens is 3. The molecule has 2 saturated heterocycles. The zero-order valence-electron chi connectivity index (χ0n) is 17.9. The smallest absolute Gasteiger partial charge is 0.399 e. The maximum Gasteiger partial charge on any atom is 0.494 e. The Bertz CT molecular complexity index is 675. The Morgan fingerprint density at radius 3 is 2.17 bits per heavy atom. The molecule has 3 rings (SSSR count). The largest absolute Gasteiger partial charge is 0.494 e. The van der Waals surface area contributed by atoms with Crippen LogP contribution in [0.15, 0.2) is 24.3 Å². The number of nitrogens with zero attached hydrogens (tertiary/aromatic N) is 2. The summed E-state index contributed by atoms with van der Waals surface area (Å²) in [7, 11) is -0.380. The summed E-state index contributed by atoms with van der Waals surface area (Å²) in [6.45, 7) is 11.3. The van der Waals surface area contributed by atoms with Crippen molar-refractivity contribution in [1.29, 1.82) is 0 Å². The molecule has 0 radical (unpaired) electrons. The lowest BCUT2D eigenvalue weighted by atomic mass is 9.79. The van der Waals surface area contributed by atoms with Crippen molar-refractivity contribution >= 4 is 18.3 Å². The van der Waals surface area contributed by atoms with Crippen LogP contribution in [0.5, 0.6) is 0 Å². The second kappa shape index (κ2) is 8.48. The average Bonchev–Trinajstić information content (AvgIpc) is 2.89. The van der Waals surface area contributed by atoms with E-state index in [2.05, 4.69) is 44.7 Å². The molecule has 1 unspecified atom stereocenters. The zero-order valence-corrected chi connectivity index (χ0v) is 17.9. The summed E-state index contributed by atoms with van der Waals surface area (Å²) in [5, 5.41) is 0. The first kappa shape index (κ1) is 22.4. The Balaban J connectivity index is 1.56. The van der Waals surface area contributed by atoms with E-state index in [1.54, 1.807) is 0 Å². The van der Waals surface area contributed by atoms with Gasteiger partial charge in [0.05, 0.1) is 17.6 Å². The Kier molecular flexibility index (Phi) is 6.56. The maximum absolute atomic E-state index is 12.4. The Morgan fingerprint density at radius 2 is 1.62 bits per heavy atom. The number of alkyl halides is 3. The molecular weight excluding hydrogens is 380 g/mol. The van der Waals surface area contributed by atoms with E-state index in [0.29, 0.717) is 13.1 Å². The minimum Gasteiger partial charge on any atom is -0.399 e. The highest BCUT2D eigenvalue weighted by molar-refractivity contribution is 6.62. The van der Waals surface area contributed by atoms with Gasteiger partial charge in [0.25, 0.3) is 0 Å². The van der Waals surface area contributed by atoms with E-state index in [4.69, 9.17) is 9.31 Å². The fourth-order valence-corrected chi connectivity index (χ4v) is 4.12. The van der Waals surface area contributed by atoms with Gasteiger partial charge in [0, 0.05) is 38.4 Å². The lowest BCUT2D eigenvalue weighted by Gasteiger charge is -2.36. The summed E-state index contributed by atoms with van der Waals surface area (Å²) in [4.78, 5) is 4.10. The molecule has 29 heavy (non-hydrogen) atoms. The fourth-order valence-electron chi connectivity index (χ4n) is 4.12. The van der Waals surface area contributed by atoms with Crippen molar-refractivity contribution in [3.8, 4) is 0 Å². The van der Waals surface area contributed by atoms with Crippen LogP contribution in [0.3, 0.4) is 0 Å². The number of rotatable bonds is 6. The van der Waals surface area contributed by atoms with Crippen LogP contribution in [0.2, 0.25) is 0 Å². The molecule has 0 bridgehead atoms. The van der Waals surface area contributed by atoms with E-state index in [1.807, 2.05) is 17.0 Å². The van der Waals surface area contributed by atoms with Gasteiger partial charge in [-0.2, -0.15) is 13.2 Å². The van der Waals surface area contributed by atoms with Gasteiger partial charge in [-0.1, -0.05) is 25.5 Å². The van der Waals surface area contributed by atoms with Gasteiger partial charge >= 0.3 is 13.3 Å². The molecule has 4 nitrogen and oxygen atoms in total. The Hall–Kier alpha value is -1.25. The molecule has 0 saturated carbocycles. The second-order valence-corrected chi connectivity index (χ2v) is 8.84. The predicted molar refractivity (Wildman–Crippen MR) is 111 cm³/mol. The summed E-state index contributed by atoms with van der Waals surface area (Å²) in [6, 6.07) is 8.17. The molecule has 2 aliphatic heterocycles. The van der Waals surface area contributed by atoms with Crippen molar-refractivity contribution in [3.63, 3.8) is 0 Å². The van der Waals surface area contributed by atoms with Gasteiger partial charge in [-0.05, 0) is 44.8 Å². The predicted octanol–water partition coefficient (Wildman–Crippen LogP) is 3.84. The molecule has 2 fully saturated rings. The fraction of sp³-hybridized carbons (Fsp3) is 0.714. The highest BCUT2D eigenvalue weighted by atomic mass is 19.4. The zero-order chi connectivity index (χ0) is 21.3. The SMILES string of the molecule is CCCC1(C)OB(c2ccc(N3CCN(CCC(F)(F)F)CC3)cc2)OC1(C)C. The minimum atomic E-state index is -4.08. The van der Waals surface area contributed by atoms with E-state index in [0.717, 1.165) is 37.1 Å². The molecule has 1 atom stereocenters. The summed E-state index contributed by atoms with van der Waals surface area (Å²) >= 11 is 0. The monoisotopic (exact) mass is 412 g/mol. The van der Waals surface area contributed by atoms with Crippen LogP contribution in [0.4, 0.5) is 18.9 Å². The van der Waals surface area contributed by atoms with Gasteiger partial charge in [0.1, 0.15) is 0 Å². The summed E-state index contributed by atoms with van der Waals surface area (Å²) < 4.78 is 49.7. The average molecular weight is 412 g/mol. The second-order valence-electron chi connectivity index (χ2n) is 8.84. The lowest BCUT2D eigenvalue weighted by Crippen LogP contribution is -2.47. The van der Waals surface area contributed by atoms with Gasteiger partial charge in [-0.15, -0.1) is 0 Å². The number of piperazine rings is 1. The van der Waals surface area contributed by atoms with Crippen LogP contribution in [0, 0.1) is 0 Å². The third kappa shape index (κ3) is 5.27. The lowest BCUT2D eigenvalue weighted by molar-refractivity contribution is -0.138. The first-order chi connectivity index (χ1) is 13.5. The van der Waals surface area contributed by atoms with Gasteiger partial charge < -0.3 is 14.2 Å². The molecule has 0 amide bonds. The first-order valence-corrected chi connectivity index (χ1v) is 10.5. The molecule has 1 aromatic carbocycles. The van der Waals surface area contributed by atoms with Crippen LogP contribution in [0.1, 0.15) is 47.0 Å². The quantitative estimate of drug-likeness (QED) is 0.663. The Labute approximate surface area is 172 Å². The van der Waals surface area contributed by atoms with E-state index in [9.17, 15) is 13.2 Å². The molecule has 2 heterocycles. The number of anilines is 1. The first-order valence-electron chi connectivity index (χ1n) is 10.5.